The van der Waals surface area contributed by atoms with Crippen molar-refractivity contribution in [3.63, 3.8) is 0 Å². The summed E-state index contributed by atoms with van der Waals surface area (Å²) >= 11 is 1.89. The van der Waals surface area contributed by atoms with Gasteiger partial charge in [-0.1, -0.05) is 6.07 Å². The van der Waals surface area contributed by atoms with Crippen LogP contribution in [0.25, 0.3) is 0 Å². The molecule has 0 unspecified atom stereocenters. The summed E-state index contributed by atoms with van der Waals surface area (Å²) in [6, 6.07) is 3.93. The van der Waals surface area contributed by atoms with E-state index in [9.17, 15) is 0 Å². The Labute approximate surface area is 155 Å². The Hall–Kier alpha value is -0.700. The number of nitrogens with one attached hydrogen (secondary N) is 2. The average Bonchev–Trinajstić information content (AvgIpc) is 2.51. The second-order valence-electron chi connectivity index (χ2n) is 4.45. The van der Waals surface area contributed by atoms with Crippen LogP contribution >= 0.6 is 35.7 Å². The molecule has 0 radical (unpaired) electrons. The highest BCUT2D eigenvalue weighted by Crippen LogP contribution is 2.13. The van der Waals surface area contributed by atoms with Crippen LogP contribution in [-0.2, 0) is 6.54 Å². The van der Waals surface area contributed by atoms with Gasteiger partial charge in [0.15, 0.2) is 5.96 Å². The maximum absolute atomic E-state index is 5.51. The minimum absolute atomic E-state index is 0. The summed E-state index contributed by atoms with van der Waals surface area (Å²) in [4.78, 5) is 8.47. The van der Waals surface area contributed by atoms with Gasteiger partial charge in [-0.3, -0.25) is 4.99 Å². The molecule has 0 fully saturated rings. The number of ether oxygens (including phenoxy) is 1. The molecule has 2 N–H and O–H groups in total. The van der Waals surface area contributed by atoms with Crippen LogP contribution in [0.3, 0.4) is 0 Å². The molecule has 1 aromatic rings. The van der Waals surface area contributed by atoms with Crippen LogP contribution in [0.5, 0.6) is 5.88 Å². The number of thioether (sulfide) groups is 1. The van der Waals surface area contributed by atoms with Crippen LogP contribution in [-0.4, -0.2) is 43.2 Å². The van der Waals surface area contributed by atoms with Crippen LogP contribution in [0.4, 0.5) is 0 Å². The van der Waals surface area contributed by atoms with Gasteiger partial charge in [-0.2, -0.15) is 11.8 Å². The van der Waals surface area contributed by atoms with Crippen molar-refractivity contribution >= 4 is 41.7 Å². The first-order valence-electron chi connectivity index (χ1n) is 7.32. The van der Waals surface area contributed by atoms with Gasteiger partial charge in [0.05, 0.1) is 6.61 Å². The van der Waals surface area contributed by atoms with E-state index in [4.69, 9.17) is 4.74 Å². The van der Waals surface area contributed by atoms with Gasteiger partial charge < -0.3 is 15.4 Å². The van der Waals surface area contributed by atoms with Crippen LogP contribution in [0.2, 0.25) is 0 Å². The normalized spacial score (nSPS) is 10.8. The quantitative estimate of drug-likeness (QED) is 0.269. The minimum Gasteiger partial charge on any atom is -0.478 e. The Morgan fingerprint density at radius 3 is 2.86 bits per heavy atom. The Morgan fingerprint density at radius 1 is 1.36 bits per heavy atom. The zero-order valence-corrected chi connectivity index (χ0v) is 16.7. The number of hydrogen-bond acceptors (Lipinski definition) is 4. The second-order valence-corrected chi connectivity index (χ2v) is 5.44. The average molecular weight is 438 g/mol. The maximum atomic E-state index is 5.51. The number of aliphatic imine (C=N–C) groups is 1. The number of pyridine rings is 1. The molecular weight excluding hydrogens is 411 g/mol. The topological polar surface area (TPSA) is 58.5 Å². The molecule has 0 bridgehead atoms. The Balaban J connectivity index is 0.00000441. The molecule has 0 saturated heterocycles. The zero-order chi connectivity index (χ0) is 15.3. The molecular formula is C15H27IN4OS. The number of nitrogens with zero attached hydrogens (tertiary/aromatic N) is 2. The Bertz CT molecular complexity index is 432. The Kier molecular flexibility index (Phi) is 13.5. The van der Waals surface area contributed by atoms with Gasteiger partial charge in [-0.25, -0.2) is 4.98 Å². The molecule has 0 amide bonds. The van der Waals surface area contributed by atoms with E-state index in [1.54, 1.807) is 13.2 Å². The van der Waals surface area contributed by atoms with Gasteiger partial charge in [0.2, 0.25) is 5.88 Å². The van der Waals surface area contributed by atoms with Gasteiger partial charge >= 0.3 is 0 Å². The molecule has 0 aromatic carbocycles. The van der Waals surface area contributed by atoms with Gasteiger partial charge in [0.1, 0.15) is 0 Å². The van der Waals surface area contributed by atoms with Crippen LogP contribution < -0.4 is 15.4 Å². The molecule has 5 nitrogen and oxygen atoms in total. The largest absolute Gasteiger partial charge is 0.478 e. The molecule has 0 atom stereocenters. The highest BCUT2D eigenvalue weighted by atomic mass is 127. The van der Waals surface area contributed by atoms with Crippen molar-refractivity contribution in [2.45, 2.75) is 26.3 Å². The monoisotopic (exact) mass is 438 g/mol. The first kappa shape index (κ1) is 21.3. The predicted molar refractivity (Wildman–Crippen MR) is 107 cm³/mol. The SMILES string of the molecule is CCOc1ncccc1CNC(=NC)NCCCCSC.I. The first-order chi connectivity index (χ1) is 10.3. The van der Waals surface area contributed by atoms with E-state index in [-0.39, 0.29) is 24.0 Å². The second kappa shape index (κ2) is 13.9. The standard InChI is InChI=1S/C15H26N4OS.HI/c1-4-20-14-13(8-7-10-17-14)12-19-15(16-2)18-9-5-6-11-21-3;/h7-8,10H,4-6,9,11-12H2,1-3H3,(H2,16,18,19);1H. The van der Waals surface area contributed by atoms with E-state index in [1.165, 1.54) is 12.2 Å². The summed E-state index contributed by atoms with van der Waals surface area (Å²) < 4.78 is 5.51. The van der Waals surface area contributed by atoms with E-state index in [0.717, 1.165) is 24.5 Å². The van der Waals surface area contributed by atoms with Crippen molar-refractivity contribution < 1.29 is 4.74 Å². The first-order valence-corrected chi connectivity index (χ1v) is 8.71. The number of guanidine groups is 1. The molecule has 1 aromatic heterocycles. The van der Waals surface area contributed by atoms with Crippen LogP contribution in [0.15, 0.2) is 23.3 Å². The third-order valence-electron chi connectivity index (χ3n) is 2.87. The van der Waals surface area contributed by atoms with Gasteiger partial charge in [-0.15, -0.1) is 24.0 Å². The van der Waals surface area contributed by atoms with Crippen LogP contribution in [0, 0.1) is 0 Å². The lowest BCUT2D eigenvalue weighted by Gasteiger charge is -2.13. The fraction of sp³-hybridized carbons (Fsp3) is 0.600. The number of hydrogen-bond donors (Lipinski definition) is 2. The van der Waals surface area contributed by atoms with E-state index in [1.807, 2.05) is 30.8 Å². The Morgan fingerprint density at radius 2 is 2.18 bits per heavy atom. The van der Waals surface area contributed by atoms with Crippen LogP contribution in [0.1, 0.15) is 25.3 Å². The van der Waals surface area contributed by atoms with Gasteiger partial charge in [-0.05, 0) is 37.8 Å². The van der Waals surface area contributed by atoms with Crippen molar-refractivity contribution in [3.05, 3.63) is 23.9 Å². The lowest BCUT2D eigenvalue weighted by molar-refractivity contribution is 0.322. The molecule has 0 saturated carbocycles. The highest BCUT2D eigenvalue weighted by molar-refractivity contribution is 14.0. The number of aromatic nitrogens is 1. The van der Waals surface area contributed by atoms with Gasteiger partial charge in [0, 0.05) is 31.9 Å². The van der Waals surface area contributed by atoms with Crippen molar-refractivity contribution in [3.8, 4) is 5.88 Å². The third-order valence-corrected chi connectivity index (χ3v) is 3.57. The molecule has 0 aliphatic carbocycles. The molecule has 22 heavy (non-hydrogen) atoms. The summed E-state index contributed by atoms with van der Waals surface area (Å²) in [5, 5.41) is 6.61. The molecule has 0 spiro atoms. The lowest BCUT2D eigenvalue weighted by atomic mass is 10.2. The molecule has 0 aliphatic heterocycles. The minimum atomic E-state index is 0. The number of unbranched alkanes of at least 4 members (excludes halogenated alkanes) is 1. The fourth-order valence-electron chi connectivity index (χ4n) is 1.80. The van der Waals surface area contributed by atoms with Crippen molar-refractivity contribution in [1.82, 2.24) is 15.6 Å². The molecule has 1 heterocycles. The number of halogens is 1. The number of rotatable bonds is 9. The maximum Gasteiger partial charge on any atom is 0.218 e. The van der Waals surface area contributed by atoms with E-state index in [2.05, 4.69) is 26.9 Å². The fourth-order valence-corrected chi connectivity index (χ4v) is 2.30. The summed E-state index contributed by atoms with van der Waals surface area (Å²) in [7, 11) is 1.78. The third kappa shape index (κ3) is 8.67. The summed E-state index contributed by atoms with van der Waals surface area (Å²) in [5.41, 5.74) is 1.03. The molecule has 7 heteroatoms. The van der Waals surface area contributed by atoms with E-state index >= 15 is 0 Å². The molecule has 0 aliphatic rings. The van der Waals surface area contributed by atoms with Crippen molar-refractivity contribution in [2.24, 2.45) is 4.99 Å². The predicted octanol–water partition coefficient (Wildman–Crippen LogP) is 2.91. The van der Waals surface area contributed by atoms with Crippen molar-refractivity contribution in [2.75, 3.05) is 32.2 Å². The van der Waals surface area contributed by atoms with E-state index < -0.39 is 0 Å². The summed E-state index contributed by atoms with van der Waals surface area (Å²) in [6.45, 7) is 4.16. The summed E-state index contributed by atoms with van der Waals surface area (Å²) in [6.07, 6.45) is 6.26. The smallest absolute Gasteiger partial charge is 0.218 e. The zero-order valence-electron chi connectivity index (χ0n) is 13.6. The van der Waals surface area contributed by atoms with E-state index in [0.29, 0.717) is 19.0 Å². The van der Waals surface area contributed by atoms with Crippen molar-refractivity contribution in [1.29, 1.82) is 0 Å². The van der Waals surface area contributed by atoms with Gasteiger partial charge in [0.25, 0.3) is 0 Å². The molecule has 126 valence electrons. The highest BCUT2D eigenvalue weighted by Gasteiger charge is 2.05. The summed E-state index contributed by atoms with van der Waals surface area (Å²) in [5.74, 6) is 2.70. The molecule has 1 rings (SSSR count). The lowest BCUT2D eigenvalue weighted by Crippen LogP contribution is -2.37.